The summed E-state index contributed by atoms with van der Waals surface area (Å²) in [4.78, 5) is 15.0. The van der Waals surface area contributed by atoms with Crippen LogP contribution in [0.5, 0.6) is 0 Å². The molecule has 0 bridgehead atoms. The Morgan fingerprint density at radius 1 is 1.44 bits per heavy atom. The van der Waals surface area contributed by atoms with Crippen molar-refractivity contribution < 1.29 is 13.2 Å². The van der Waals surface area contributed by atoms with E-state index in [1.54, 1.807) is 0 Å². The minimum atomic E-state index is -4.60. The molecule has 7 heteroatoms. The molecule has 16 heavy (non-hydrogen) atoms. The summed E-state index contributed by atoms with van der Waals surface area (Å²) in [5.41, 5.74) is -1.82. The Labute approximate surface area is 97.4 Å². The lowest BCUT2D eigenvalue weighted by Crippen LogP contribution is -2.31. The molecule has 0 N–H and O–H groups in total. The van der Waals surface area contributed by atoms with Crippen LogP contribution in [-0.4, -0.2) is 9.55 Å². The number of aromatic nitrogens is 2. The van der Waals surface area contributed by atoms with Crippen LogP contribution in [0.15, 0.2) is 15.6 Å². The fourth-order valence-corrected chi connectivity index (χ4v) is 2.10. The Bertz CT molecular complexity index is 465. The van der Waals surface area contributed by atoms with Crippen LogP contribution < -0.4 is 5.56 Å². The number of halogens is 4. The Hall–Kier alpha value is -0.850. The topological polar surface area (TPSA) is 34.9 Å². The van der Waals surface area contributed by atoms with Crippen LogP contribution in [0.1, 0.15) is 31.0 Å². The van der Waals surface area contributed by atoms with Gasteiger partial charge in [-0.3, -0.25) is 9.36 Å². The van der Waals surface area contributed by atoms with Crippen molar-refractivity contribution in [1.82, 2.24) is 9.55 Å². The van der Waals surface area contributed by atoms with E-state index < -0.39 is 21.9 Å². The van der Waals surface area contributed by atoms with Crippen molar-refractivity contribution in [2.24, 2.45) is 0 Å². The van der Waals surface area contributed by atoms with Crippen LogP contribution in [0.2, 0.25) is 0 Å². The average molecular weight is 297 g/mol. The third kappa shape index (κ3) is 1.88. The van der Waals surface area contributed by atoms with Gasteiger partial charge in [0.15, 0.2) is 5.69 Å². The predicted molar refractivity (Wildman–Crippen MR) is 54.1 cm³/mol. The molecule has 0 spiro atoms. The van der Waals surface area contributed by atoms with E-state index in [0.717, 1.165) is 25.6 Å². The Balaban J connectivity index is 2.48. The SMILES string of the molecule is O=c1c(Br)c(C(F)(F)F)ncn1C1CCC1. The third-order valence-electron chi connectivity index (χ3n) is 2.68. The second-order valence-electron chi connectivity index (χ2n) is 3.70. The zero-order valence-electron chi connectivity index (χ0n) is 8.09. The Morgan fingerprint density at radius 3 is 2.50 bits per heavy atom. The van der Waals surface area contributed by atoms with Gasteiger partial charge < -0.3 is 0 Å². The van der Waals surface area contributed by atoms with Crippen molar-refractivity contribution in [2.75, 3.05) is 0 Å². The molecule has 1 saturated carbocycles. The van der Waals surface area contributed by atoms with Crippen LogP contribution in [-0.2, 0) is 6.18 Å². The van der Waals surface area contributed by atoms with E-state index in [-0.39, 0.29) is 6.04 Å². The molecule has 1 aliphatic rings. The van der Waals surface area contributed by atoms with Crippen LogP contribution in [0.4, 0.5) is 13.2 Å². The number of nitrogens with zero attached hydrogens (tertiary/aromatic N) is 2. The van der Waals surface area contributed by atoms with Crippen LogP contribution in [0, 0.1) is 0 Å². The van der Waals surface area contributed by atoms with Crippen LogP contribution in [0.3, 0.4) is 0 Å². The van der Waals surface area contributed by atoms with Gasteiger partial charge in [-0.15, -0.1) is 0 Å². The van der Waals surface area contributed by atoms with Gasteiger partial charge in [-0.25, -0.2) is 4.98 Å². The van der Waals surface area contributed by atoms with E-state index in [9.17, 15) is 18.0 Å². The van der Waals surface area contributed by atoms with Gasteiger partial charge in [0.1, 0.15) is 4.47 Å². The molecular weight excluding hydrogens is 289 g/mol. The van der Waals surface area contributed by atoms with Gasteiger partial charge in [-0.05, 0) is 35.2 Å². The third-order valence-corrected chi connectivity index (χ3v) is 3.39. The summed E-state index contributed by atoms with van der Waals surface area (Å²) in [6.07, 6.45) is -0.981. The molecule has 0 saturated heterocycles. The van der Waals surface area contributed by atoms with Gasteiger partial charge in [0, 0.05) is 6.04 Å². The largest absolute Gasteiger partial charge is 0.434 e. The number of alkyl halides is 3. The standard InChI is InChI=1S/C9H8BrF3N2O/c10-6-7(9(11,12)13)14-4-15(8(6)16)5-2-1-3-5/h4-5H,1-3H2. The van der Waals surface area contributed by atoms with E-state index >= 15 is 0 Å². The summed E-state index contributed by atoms with van der Waals surface area (Å²) in [6.45, 7) is 0. The maximum absolute atomic E-state index is 12.4. The molecule has 3 nitrogen and oxygen atoms in total. The lowest BCUT2D eigenvalue weighted by molar-refractivity contribution is -0.142. The Kier molecular flexibility index (Phi) is 2.81. The first-order valence-electron chi connectivity index (χ1n) is 4.75. The quantitative estimate of drug-likeness (QED) is 0.799. The molecular formula is C9H8BrF3N2O. The lowest BCUT2D eigenvalue weighted by Gasteiger charge is -2.27. The van der Waals surface area contributed by atoms with Crippen LogP contribution >= 0.6 is 15.9 Å². The van der Waals surface area contributed by atoms with Gasteiger partial charge in [0.25, 0.3) is 5.56 Å². The molecule has 0 aliphatic heterocycles. The van der Waals surface area contributed by atoms with E-state index in [1.807, 2.05) is 0 Å². The van der Waals surface area contributed by atoms with Gasteiger partial charge in [-0.2, -0.15) is 13.2 Å². The van der Waals surface area contributed by atoms with Crippen molar-refractivity contribution >= 4 is 15.9 Å². The molecule has 0 radical (unpaired) electrons. The number of hydrogen-bond donors (Lipinski definition) is 0. The highest BCUT2D eigenvalue weighted by atomic mass is 79.9. The normalized spacial score (nSPS) is 17.2. The molecule has 2 rings (SSSR count). The fraction of sp³-hybridized carbons (Fsp3) is 0.556. The smallest absolute Gasteiger partial charge is 0.295 e. The van der Waals surface area contributed by atoms with E-state index in [0.29, 0.717) is 0 Å². The first-order valence-corrected chi connectivity index (χ1v) is 5.54. The van der Waals surface area contributed by atoms with Gasteiger partial charge in [-0.1, -0.05) is 0 Å². The predicted octanol–water partition coefficient (Wildman–Crippen LogP) is 2.75. The fourth-order valence-electron chi connectivity index (χ4n) is 1.57. The maximum atomic E-state index is 12.4. The molecule has 1 aromatic heterocycles. The highest BCUT2D eigenvalue weighted by molar-refractivity contribution is 9.10. The summed E-state index contributed by atoms with van der Waals surface area (Å²) in [6, 6.07) is -0.00131. The molecule has 0 unspecified atom stereocenters. The monoisotopic (exact) mass is 296 g/mol. The average Bonchev–Trinajstić information content (AvgIpc) is 2.07. The van der Waals surface area contributed by atoms with Gasteiger partial charge in [0.2, 0.25) is 0 Å². The molecule has 1 heterocycles. The molecule has 88 valence electrons. The first kappa shape index (κ1) is 11.6. The summed E-state index contributed by atoms with van der Waals surface area (Å²) in [7, 11) is 0. The van der Waals surface area contributed by atoms with Crippen molar-refractivity contribution in [3.63, 3.8) is 0 Å². The minimum absolute atomic E-state index is 0.00131. The molecule has 0 amide bonds. The lowest BCUT2D eigenvalue weighted by atomic mass is 9.93. The summed E-state index contributed by atoms with van der Waals surface area (Å²) >= 11 is 2.67. The zero-order valence-corrected chi connectivity index (χ0v) is 9.68. The zero-order chi connectivity index (χ0) is 11.9. The maximum Gasteiger partial charge on any atom is 0.434 e. The van der Waals surface area contributed by atoms with E-state index in [4.69, 9.17) is 0 Å². The minimum Gasteiger partial charge on any atom is -0.295 e. The summed E-state index contributed by atoms with van der Waals surface area (Å²) < 4.78 is 38.0. The Morgan fingerprint density at radius 2 is 2.06 bits per heavy atom. The number of hydrogen-bond acceptors (Lipinski definition) is 2. The number of rotatable bonds is 1. The van der Waals surface area contributed by atoms with Crippen molar-refractivity contribution in [2.45, 2.75) is 31.5 Å². The molecule has 0 atom stereocenters. The van der Waals surface area contributed by atoms with Gasteiger partial charge in [0.05, 0.1) is 6.33 Å². The second-order valence-corrected chi connectivity index (χ2v) is 4.50. The van der Waals surface area contributed by atoms with Crippen molar-refractivity contribution in [1.29, 1.82) is 0 Å². The summed E-state index contributed by atoms with van der Waals surface area (Å²) in [5, 5.41) is 0. The van der Waals surface area contributed by atoms with Crippen LogP contribution in [0.25, 0.3) is 0 Å². The van der Waals surface area contributed by atoms with Crippen molar-refractivity contribution in [3.05, 3.63) is 26.8 Å². The molecule has 1 fully saturated rings. The van der Waals surface area contributed by atoms with Crippen molar-refractivity contribution in [3.8, 4) is 0 Å². The van der Waals surface area contributed by atoms with Gasteiger partial charge >= 0.3 is 6.18 Å². The first-order chi connectivity index (χ1) is 7.41. The molecule has 1 aromatic rings. The summed E-state index contributed by atoms with van der Waals surface area (Å²) in [5.74, 6) is 0. The van der Waals surface area contributed by atoms with E-state index in [2.05, 4.69) is 20.9 Å². The molecule has 0 aromatic carbocycles. The molecule has 1 aliphatic carbocycles. The second kappa shape index (κ2) is 3.87. The highest BCUT2D eigenvalue weighted by Crippen LogP contribution is 2.33. The highest BCUT2D eigenvalue weighted by Gasteiger charge is 2.37. The van der Waals surface area contributed by atoms with E-state index in [1.165, 1.54) is 4.57 Å².